The van der Waals surface area contributed by atoms with Gasteiger partial charge in [0.25, 0.3) is 5.56 Å². The summed E-state index contributed by atoms with van der Waals surface area (Å²) in [4.78, 5) is 26.1. The Morgan fingerprint density at radius 1 is 1.08 bits per heavy atom. The number of carbonyl (C=O) groups excluding carboxylic acids is 1. The zero-order chi connectivity index (χ0) is 18.9. The quantitative estimate of drug-likeness (QED) is 0.766. The minimum Gasteiger partial charge on any atom is -0.273 e. The molecule has 6 heteroatoms. The Labute approximate surface area is 156 Å². The third kappa shape index (κ3) is 3.78. The monoisotopic (exact) mass is 369 g/mol. The molecule has 0 unspecified atom stereocenters. The molecule has 3 aromatic rings. The van der Waals surface area contributed by atoms with Crippen molar-refractivity contribution in [2.75, 3.05) is 5.43 Å². The number of amides is 1. The standard InChI is InChI=1S/C20H20ClN3O2/c1-20(2,3)18-15-6-4-5-7-16(15)19(26)24(23-18)22-17(25)12-13-8-10-14(21)11-9-13/h4-11H,12H2,1-3H3,(H,22,25). The van der Waals surface area contributed by atoms with Crippen molar-refractivity contribution in [1.29, 1.82) is 0 Å². The van der Waals surface area contributed by atoms with Crippen LogP contribution in [0.15, 0.2) is 53.3 Å². The molecule has 26 heavy (non-hydrogen) atoms. The molecule has 0 spiro atoms. The fraction of sp³-hybridized carbons (Fsp3) is 0.250. The van der Waals surface area contributed by atoms with Gasteiger partial charge in [0.05, 0.1) is 17.5 Å². The van der Waals surface area contributed by atoms with Gasteiger partial charge in [-0.15, -0.1) is 4.79 Å². The summed E-state index contributed by atoms with van der Waals surface area (Å²) < 4.78 is 0. The molecule has 1 amide bonds. The number of aromatic nitrogens is 2. The van der Waals surface area contributed by atoms with Gasteiger partial charge in [0.1, 0.15) is 0 Å². The van der Waals surface area contributed by atoms with Crippen LogP contribution in [0, 0.1) is 0 Å². The van der Waals surface area contributed by atoms with Gasteiger partial charge in [-0.1, -0.05) is 62.7 Å². The van der Waals surface area contributed by atoms with E-state index in [0.29, 0.717) is 10.4 Å². The molecule has 5 nitrogen and oxygen atoms in total. The van der Waals surface area contributed by atoms with E-state index in [9.17, 15) is 9.59 Å². The zero-order valence-corrected chi connectivity index (χ0v) is 15.7. The molecule has 3 rings (SSSR count). The van der Waals surface area contributed by atoms with Crippen LogP contribution in [0.3, 0.4) is 0 Å². The second kappa shape index (κ2) is 6.92. The summed E-state index contributed by atoms with van der Waals surface area (Å²) in [7, 11) is 0. The second-order valence-electron chi connectivity index (χ2n) is 7.20. The Morgan fingerprint density at radius 2 is 1.69 bits per heavy atom. The largest absolute Gasteiger partial charge is 0.294 e. The average molecular weight is 370 g/mol. The summed E-state index contributed by atoms with van der Waals surface area (Å²) in [5.41, 5.74) is 3.52. The second-order valence-corrected chi connectivity index (χ2v) is 7.64. The minimum atomic E-state index is -0.349. The van der Waals surface area contributed by atoms with Crippen LogP contribution in [0.25, 0.3) is 10.8 Å². The number of hydrogen-bond acceptors (Lipinski definition) is 3. The molecule has 0 saturated carbocycles. The van der Waals surface area contributed by atoms with Gasteiger partial charge in [-0.25, -0.2) is 5.43 Å². The highest BCUT2D eigenvalue weighted by Gasteiger charge is 2.22. The third-order valence-electron chi connectivity index (χ3n) is 4.02. The fourth-order valence-corrected chi connectivity index (χ4v) is 2.89. The molecular formula is C20H20ClN3O2. The van der Waals surface area contributed by atoms with E-state index in [0.717, 1.165) is 21.4 Å². The molecular weight excluding hydrogens is 350 g/mol. The Balaban J connectivity index is 1.97. The molecule has 0 radical (unpaired) electrons. The molecule has 0 aliphatic carbocycles. The van der Waals surface area contributed by atoms with Gasteiger partial charge in [-0.2, -0.15) is 5.10 Å². The number of benzene rings is 2. The first-order valence-electron chi connectivity index (χ1n) is 8.32. The Bertz CT molecular complexity index is 1020. The first-order valence-corrected chi connectivity index (χ1v) is 8.70. The first kappa shape index (κ1) is 18.1. The van der Waals surface area contributed by atoms with E-state index in [-0.39, 0.29) is 23.3 Å². The van der Waals surface area contributed by atoms with Crippen LogP contribution in [-0.4, -0.2) is 15.8 Å². The van der Waals surface area contributed by atoms with Gasteiger partial charge >= 0.3 is 0 Å². The van der Waals surface area contributed by atoms with Crippen LogP contribution in [0.1, 0.15) is 32.0 Å². The number of hydrogen-bond donors (Lipinski definition) is 1. The lowest BCUT2D eigenvalue weighted by Crippen LogP contribution is -2.38. The van der Waals surface area contributed by atoms with E-state index in [1.54, 1.807) is 36.4 Å². The normalized spacial score (nSPS) is 11.5. The van der Waals surface area contributed by atoms with Crippen molar-refractivity contribution >= 4 is 28.3 Å². The number of fused-ring (bicyclic) bond motifs is 1. The molecule has 1 heterocycles. The minimum absolute atomic E-state index is 0.128. The lowest BCUT2D eigenvalue weighted by molar-refractivity contribution is -0.116. The van der Waals surface area contributed by atoms with Gasteiger partial charge in [-0.3, -0.25) is 9.59 Å². The van der Waals surface area contributed by atoms with E-state index < -0.39 is 0 Å². The number of halogens is 1. The Kier molecular flexibility index (Phi) is 4.83. The number of carbonyl (C=O) groups is 1. The fourth-order valence-electron chi connectivity index (χ4n) is 2.76. The van der Waals surface area contributed by atoms with E-state index >= 15 is 0 Å². The maximum absolute atomic E-state index is 12.7. The molecule has 0 aliphatic rings. The van der Waals surface area contributed by atoms with E-state index in [1.165, 1.54) is 0 Å². The zero-order valence-electron chi connectivity index (χ0n) is 14.9. The maximum atomic E-state index is 12.7. The smallest absolute Gasteiger partial charge is 0.273 e. The Hall–Kier alpha value is -2.66. The molecule has 1 N–H and O–H groups in total. The van der Waals surface area contributed by atoms with Crippen LogP contribution < -0.4 is 11.0 Å². The molecule has 0 bridgehead atoms. The van der Waals surface area contributed by atoms with Crippen LogP contribution in [-0.2, 0) is 16.6 Å². The highest BCUT2D eigenvalue weighted by molar-refractivity contribution is 6.30. The summed E-state index contributed by atoms with van der Waals surface area (Å²) in [6, 6.07) is 14.3. The van der Waals surface area contributed by atoms with Crippen molar-refractivity contribution < 1.29 is 4.79 Å². The van der Waals surface area contributed by atoms with Crippen molar-refractivity contribution in [2.24, 2.45) is 0 Å². The summed E-state index contributed by atoms with van der Waals surface area (Å²) in [5.74, 6) is -0.322. The van der Waals surface area contributed by atoms with Crippen molar-refractivity contribution in [3.05, 3.63) is 75.2 Å². The summed E-state index contributed by atoms with van der Waals surface area (Å²) in [5, 5.41) is 6.35. The number of nitrogens with one attached hydrogen (secondary N) is 1. The lowest BCUT2D eigenvalue weighted by atomic mass is 9.89. The average Bonchev–Trinajstić information content (AvgIpc) is 2.58. The summed E-state index contributed by atoms with van der Waals surface area (Å²) in [6.45, 7) is 6.06. The molecule has 1 aromatic heterocycles. The topological polar surface area (TPSA) is 64.0 Å². The van der Waals surface area contributed by atoms with E-state index in [2.05, 4.69) is 10.5 Å². The van der Waals surface area contributed by atoms with Crippen LogP contribution in [0.5, 0.6) is 0 Å². The molecule has 0 fully saturated rings. The highest BCUT2D eigenvalue weighted by Crippen LogP contribution is 2.25. The first-order chi connectivity index (χ1) is 12.3. The summed E-state index contributed by atoms with van der Waals surface area (Å²) >= 11 is 5.86. The van der Waals surface area contributed by atoms with Gasteiger partial charge in [-0.05, 0) is 23.8 Å². The molecule has 0 saturated heterocycles. The molecule has 134 valence electrons. The van der Waals surface area contributed by atoms with Crippen molar-refractivity contribution in [3.8, 4) is 0 Å². The predicted octanol–water partition coefficient (Wildman–Crippen LogP) is 3.66. The van der Waals surface area contributed by atoms with Crippen LogP contribution in [0.4, 0.5) is 0 Å². The molecule has 0 atom stereocenters. The van der Waals surface area contributed by atoms with Gasteiger partial charge in [0.2, 0.25) is 5.91 Å². The van der Waals surface area contributed by atoms with Gasteiger partial charge in [0, 0.05) is 15.8 Å². The summed E-state index contributed by atoms with van der Waals surface area (Å²) in [6.07, 6.45) is 0.128. The lowest BCUT2D eigenvalue weighted by Gasteiger charge is -2.21. The molecule has 2 aromatic carbocycles. The van der Waals surface area contributed by atoms with Crippen molar-refractivity contribution in [3.63, 3.8) is 0 Å². The SMILES string of the molecule is CC(C)(C)c1nn(NC(=O)Cc2ccc(Cl)cc2)c(=O)c2ccccc12. The third-order valence-corrected chi connectivity index (χ3v) is 4.28. The van der Waals surface area contributed by atoms with E-state index in [4.69, 9.17) is 11.6 Å². The van der Waals surface area contributed by atoms with Crippen LogP contribution in [0.2, 0.25) is 5.02 Å². The van der Waals surface area contributed by atoms with Crippen LogP contribution >= 0.6 is 11.6 Å². The van der Waals surface area contributed by atoms with Gasteiger partial charge in [0.15, 0.2) is 0 Å². The molecule has 0 aliphatic heterocycles. The maximum Gasteiger partial charge on any atom is 0.294 e. The van der Waals surface area contributed by atoms with E-state index in [1.807, 2.05) is 32.9 Å². The van der Waals surface area contributed by atoms with Crippen molar-refractivity contribution in [1.82, 2.24) is 9.89 Å². The Morgan fingerprint density at radius 3 is 2.31 bits per heavy atom. The number of rotatable bonds is 3. The van der Waals surface area contributed by atoms with Crippen molar-refractivity contribution in [2.45, 2.75) is 32.6 Å². The number of nitrogens with zero attached hydrogens (tertiary/aromatic N) is 2. The highest BCUT2D eigenvalue weighted by atomic mass is 35.5. The van der Waals surface area contributed by atoms with Gasteiger partial charge < -0.3 is 0 Å². The predicted molar refractivity (Wildman–Crippen MR) is 104 cm³/mol.